The lowest BCUT2D eigenvalue weighted by Gasteiger charge is -2.11. The minimum atomic E-state index is -0.701. The summed E-state index contributed by atoms with van der Waals surface area (Å²) < 4.78 is 0.785. The Balaban J connectivity index is 3.12. The summed E-state index contributed by atoms with van der Waals surface area (Å²) in [6.07, 6.45) is -0.701. The minimum absolute atomic E-state index is 0.169. The molecule has 12 heavy (non-hydrogen) atoms. The molecule has 0 fully saturated rings. The zero-order valence-electron chi connectivity index (χ0n) is 6.30. The third-order valence-corrected chi connectivity index (χ3v) is 2.58. The van der Waals surface area contributed by atoms with Gasteiger partial charge in [0, 0.05) is 21.6 Å². The van der Waals surface area contributed by atoms with Crippen molar-refractivity contribution in [1.29, 1.82) is 0 Å². The lowest BCUT2D eigenvalue weighted by atomic mass is 10.1. The molecule has 0 radical (unpaired) electrons. The lowest BCUT2D eigenvalue weighted by molar-refractivity contribution is 0.186. The molecule has 1 unspecified atom stereocenters. The van der Waals surface area contributed by atoms with E-state index in [0.29, 0.717) is 10.6 Å². The van der Waals surface area contributed by atoms with Gasteiger partial charge in [0.1, 0.15) is 0 Å². The van der Waals surface area contributed by atoms with Crippen LogP contribution in [0.5, 0.6) is 0 Å². The molecule has 4 heteroatoms. The van der Waals surface area contributed by atoms with E-state index in [1.807, 2.05) is 6.07 Å². The number of nitrogens with two attached hydrogens (primary N) is 1. The van der Waals surface area contributed by atoms with E-state index in [-0.39, 0.29) is 6.54 Å². The van der Waals surface area contributed by atoms with E-state index in [1.165, 1.54) is 0 Å². The van der Waals surface area contributed by atoms with E-state index >= 15 is 0 Å². The highest BCUT2D eigenvalue weighted by Crippen LogP contribution is 2.29. The SMILES string of the molecule is NCC(O)c1c(Cl)cccc1Br. The Kier molecular flexibility index (Phi) is 3.53. The van der Waals surface area contributed by atoms with Gasteiger partial charge < -0.3 is 10.8 Å². The Bertz CT molecular complexity index is 260. The van der Waals surface area contributed by atoms with Gasteiger partial charge >= 0.3 is 0 Å². The molecule has 1 rings (SSSR count). The van der Waals surface area contributed by atoms with Gasteiger partial charge in [-0.1, -0.05) is 33.6 Å². The largest absolute Gasteiger partial charge is 0.387 e. The fourth-order valence-corrected chi connectivity index (χ4v) is 1.99. The maximum Gasteiger partial charge on any atom is 0.0937 e. The lowest BCUT2D eigenvalue weighted by Crippen LogP contribution is -2.12. The van der Waals surface area contributed by atoms with Crippen molar-refractivity contribution in [1.82, 2.24) is 0 Å². The van der Waals surface area contributed by atoms with Crippen LogP contribution >= 0.6 is 27.5 Å². The van der Waals surface area contributed by atoms with Gasteiger partial charge in [-0.2, -0.15) is 0 Å². The third kappa shape index (κ3) is 1.98. The molecule has 0 heterocycles. The van der Waals surface area contributed by atoms with E-state index in [1.54, 1.807) is 12.1 Å². The van der Waals surface area contributed by atoms with Gasteiger partial charge in [0.05, 0.1) is 6.10 Å². The average molecular weight is 251 g/mol. The first-order valence-corrected chi connectivity index (χ1v) is 4.66. The molecule has 3 N–H and O–H groups in total. The Morgan fingerprint density at radius 1 is 1.58 bits per heavy atom. The van der Waals surface area contributed by atoms with Crippen LogP contribution in [0.1, 0.15) is 11.7 Å². The van der Waals surface area contributed by atoms with Crippen LogP contribution in [0, 0.1) is 0 Å². The molecule has 0 aliphatic heterocycles. The molecule has 0 spiro atoms. The zero-order valence-corrected chi connectivity index (χ0v) is 8.64. The predicted molar refractivity (Wildman–Crippen MR) is 53.2 cm³/mol. The Labute approximate surface area is 84.5 Å². The fraction of sp³-hybridized carbons (Fsp3) is 0.250. The fourth-order valence-electron chi connectivity index (χ4n) is 0.947. The molecule has 66 valence electrons. The molecule has 0 aliphatic rings. The van der Waals surface area contributed by atoms with Crippen LogP contribution in [0.3, 0.4) is 0 Å². The first-order valence-electron chi connectivity index (χ1n) is 3.49. The highest BCUT2D eigenvalue weighted by Gasteiger charge is 2.12. The summed E-state index contributed by atoms with van der Waals surface area (Å²) in [6.45, 7) is 0.169. The summed E-state index contributed by atoms with van der Waals surface area (Å²) in [5, 5.41) is 9.98. The number of hydrogen-bond donors (Lipinski definition) is 2. The summed E-state index contributed by atoms with van der Waals surface area (Å²) in [5.41, 5.74) is 5.97. The van der Waals surface area contributed by atoms with Crippen LogP contribution in [0.15, 0.2) is 22.7 Å². The van der Waals surface area contributed by atoms with Crippen molar-refractivity contribution in [3.05, 3.63) is 33.3 Å². The maximum atomic E-state index is 9.45. The standard InChI is InChI=1S/C8H9BrClNO/c9-5-2-1-3-6(10)8(5)7(12)4-11/h1-3,7,12H,4,11H2. The normalized spacial score (nSPS) is 13.0. The molecule has 1 aromatic carbocycles. The van der Waals surface area contributed by atoms with Crippen LogP contribution in [0.4, 0.5) is 0 Å². The molecule has 0 aliphatic carbocycles. The van der Waals surface area contributed by atoms with E-state index < -0.39 is 6.10 Å². The maximum absolute atomic E-state index is 9.45. The van der Waals surface area contributed by atoms with Crippen LogP contribution < -0.4 is 5.73 Å². The number of benzene rings is 1. The Morgan fingerprint density at radius 2 is 2.25 bits per heavy atom. The molecule has 1 aromatic rings. The summed E-state index contributed by atoms with van der Waals surface area (Å²) in [6, 6.07) is 5.35. The van der Waals surface area contributed by atoms with Crippen molar-refractivity contribution < 1.29 is 5.11 Å². The van der Waals surface area contributed by atoms with Gasteiger partial charge in [0.25, 0.3) is 0 Å². The molecule has 0 bridgehead atoms. The molecule has 2 nitrogen and oxygen atoms in total. The molecule has 1 atom stereocenters. The second-order valence-corrected chi connectivity index (χ2v) is 3.65. The van der Waals surface area contributed by atoms with E-state index in [9.17, 15) is 5.11 Å². The topological polar surface area (TPSA) is 46.2 Å². The molecule has 0 aromatic heterocycles. The second-order valence-electron chi connectivity index (χ2n) is 2.39. The predicted octanol–water partition coefficient (Wildman–Crippen LogP) is 2.09. The van der Waals surface area contributed by atoms with Gasteiger partial charge in [-0.25, -0.2) is 0 Å². The smallest absolute Gasteiger partial charge is 0.0937 e. The number of hydrogen-bond acceptors (Lipinski definition) is 2. The first kappa shape index (κ1) is 9.99. The van der Waals surface area contributed by atoms with Crippen LogP contribution in [0.25, 0.3) is 0 Å². The van der Waals surface area contributed by atoms with E-state index in [0.717, 1.165) is 4.47 Å². The highest BCUT2D eigenvalue weighted by molar-refractivity contribution is 9.10. The minimum Gasteiger partial charge on any atom is -0.387 e. The van der Waals surface area contributed by atoms with Gasteiger partial charge in [-0.05, 0) is 12.1 Å². The van der Waals surface area contributed by atoms with Gasteiger partial charge in [-0.3, -0.25) is 0 Å². The van der Waals surface area contributed by atoms with Crippen LogP contribution in [0.2, 0.25) is 5.02 Å². The van der Waals surface area contributed by atoms with Gasteiger partial charge in [0.2, 0.25) is 0 Å². The summed E-state index contributed by atoms with van der Waals surface area (Å²) in [7, 11) is 0. The summed E-state index contributed by atoms with van der Waals surface area (Å²) >= 11 is 9.15. The van der Waals surface area contributed by atoms with Crippen LogP contribution in [-0.2, 0) is 0 Å². The van der Waals surface area contributed by atoms with Crippen molar-refractivity contribution in [3.63, 3.8) is 0 Å². The van der Waals surface area contributed by atoms with Crippen molar-refractivity contribution in [3.8, 4) is 0 Å². The van der Waals surface area contributed by atoms with Gasteiger partial charge in [0.15, 0.2) is 0 Å². The van der Waals surface area contributed by atoms with Crippen LogP contribution in [-0.4, -0.2) is 11.7 Å². The van der Waals surface area contributed by atoms with Crippen molar-refractivity contribution in [2.24, 2.45) is 5.73 Å². The number of aliphatic hydroxyl groups is 1. The molecule has 0 amide bonds. The monoisotopic (exact) mass is 249 g/mol. The quantitative estimate of drug-likeness (QED) is 0.844. The average Bonchev–Trinajstić information content (AvgIpc) is 2.03. The third-order valence-electron chi connectivity index (χ3n) is 1.56. The molecule has 0 saturated heterocycles. The number of aliphatic hydroxyl groups excluding tert-OH is 1. The highest BCUT2D eigenvalue weighted by atomic mass is 79.9. The Hall–Kier alpha value is -0.0900. The van der Waals surface area contributed by atoms with Crippen molar-refractivity contribution >= 4 is 27.5 Å². The van der Waals surface area contributed by atoms with Crippen molar-refractivity contribution in [2.75, 3.05) is 6.54 Å². The van der Waals surface area contributed by atoms with E-state index in [4.69, 9.17) is 17.3 Å². The number of rotatable bonds is 2. The Morgan fingerprint density at radius 3 is 2.75 bits per heavy atom. The summed E-state index contributed by atoms with van der Waals surface area (Å²) in [4.78, 5) is 0. The van der Waals surface area contributed by atoms with Crippen molar-refractivity contribution in [2.45, 2.75) is 6.10 Å². The summed E-state index contributed by atoms with van der Waals surface area (Å²) in [5.74, 6) is 0. The first-order chi connectivity index (χ1) is 5.66. The second kappa shape index (κ2) is 4.23. The van der Waals surface area contributed by atoms with Gasteiger partial charge in [-0.15, -0.1) is 0 Å². The molecular weight excluding hydrogens is 241 g/mol. The number of halogens is 2. The zero-order chi connectivity index (χ0) is 9.14. The molecular formula is C8H9BrClNO. The van der Waals surface area contributed by atoms with E-state index in [2.05, 4.69) is 15.9 Å². The molecule has 0 saturated carbocycles.